The summed E-state index contributed by atoms with van der Waals surface area (Å²) in [6.45, 7) is 4.71. The lowest BCUT2D eigenvalue weighted by molar-refractivity contribution is 0.297. The van der Waals surface area contributed by atoms with Crippen LogP contribution in [0.2, 0.25) is 0 Å². The Labute approximate surface area is 193 Å². The van der Waals surface area contributed by atoms with Gasteiger partial charge in [0.15, 0.2) is 17.5 Å². The molecule has 0 saturated carbocycles. The van der Waals surface area contributed by atoms with E-state index in [4.69, 9.17) is 14.5 Å². The van der Waals surface area contributed by atoms with Gasteiger partial charge in [-0.25, -0.2) is 9.67 Å². The van der Waals surface area contributed by atoms with E-state index >= 15 is 0 Å². The number of fused-ring (bicyclic) bond motifs is 1. The van der Waals surface area contributed by atoms with Gasteiger partial charge < -0.3 is 20.1 Å². The molecule has 0 unspecified atom stereocenters. The SMILES string of the molecule is CCNC(=NCc1cccc(-n2cccn2)c1)Nc1ccc2c(c1)OCCCO2.I. The van der Waals surface area contributed by atoms with Crippen molar-refractivity contribution in [3.05, 3.63) is 66.5 Å². The van der Waals surface area contributed by atoms with E-state index < -0.39 is 0 Å². The molecule has 1 aromatic heterocycles. The molecule has 0 bridgehead atoms. The first kappa shape index (κ1) is 21.9. The Morgan fingerprint density at radius 2 is 1.97 bits per heavy atom. The summed E-state index contributed by atoms with van der Waals surface area (Å²) in [6.07, 6.45) is 4.59. The predicted octanol–water partition coefficient (Wildman–Crippen LogP) is 4.23. The highest BCUT2D eigenvalue weighted by atomic mass is 127. The Morgan fingerprint density at radius 1 is 1.10 bits per heavy atom. The molecular formula is C22H26IN5O2. The summed E-state index contributed by atoms with van der Waals surface area (Å²) < 4.78 is 13.3. The van der Waals surface area contributed by atoms with Gasteiger partial charge in [0.2, 0.25) is 0 Å². The zero-order valence-corrected chi connectivity index (χ0v) is 19.2. The smallest absolute Gasteiger partial charge is 0.196 e. The predicted molar refractivity (Wildman–Crippen MR) is 129 cm³/mol. The summed E-state index contributed by atoms with van der Waals surface area (Å²) in [5.74, 6) is 2.26. The summed E-state index contributed by atoms with van der Waals surface area (Å²) in [4.78, 5) is 4.72. The third kappa shape index (κ3) is 5.65. The van der Waals surface area contributed by atoms with Gasteiger partial charge in [-0.05, 0) is 42.8 Å². The molecule has 0 atom stereocenters. The average Bonchev–Trinajstić information content (AvgIpc) is 3.19. The number of benzene rings is 2. The second kappa shape index (κ2) is 10.9. The highest BCUT2D eigenvalue weighted by molar-refractivity contribution is 14.0. The standard InChI is InChI=1S/C22H25N5O2.HI/c1-2-23-22(26-18-8-9-20-21(15-18)29-13-5-12-28-20)24-16-17-6-3-7-19(14-17)27-11-4-10-25-27;/h3-4,6-11,14-15H,2,5,12-13,16H2,1H3,(H2,23,24,26);1H. The Bertz CT molecular complexity index is 975. The van der Waals surface area contributed by atoms with E-state index in [0.29, 0.717) is 25.7 Å². The van der Waals surface area contributed by atoms with E-state index in [1.165, 1.54) is 0 Å². The van der Waals surface area contributed by atoms with Crippen molar-refractivity contribution in [2.45, 2.75) is 19.9 Å². The quantitative estimate of drug-likeness (QED) is 0.300. The molecule has 3 aromatic rings. The normalized spacial score (nSPS) is 13.2. The van der Waals surface area contributed by atoms with Crippen LogP contribution in [0.5, 0.6) is 11.5 Å². The topological polar surface area (TPSA) is 72.7 Å². The van der Waals surface area contributed by atoms with Gasteiger partial charge >= 0.3 is 0 Å². The van der Waals surface area contributed by atoms with Crippen LogP contribution >= 0.6 is 24.0 Å². The van der Waals surface area contributed by atoms with E-state index in [1.54, 1.807) is 6.20 Å². The van der Waals surface area contributed by atoms with Crippen molar-refractivity contribution in [3.8, 4) is 17.2 Å². The molecule has 0 radical (unpaired) electrons. The largest absolute Gasteiger partial charge is 0.490 e. The summed E-state index contributed by atoms with van der Waals surface area (Å²) in [5.41, 5.74) is 3.02. The minimum absolute atomic E-state index is 0. The molecular weight excluding hydrogens is 493 g/mol. The third-order valence-electron chi connectivity index (χ3n) is 4.45. The van der Waals surface area contributed by atoms with Gasteiger partial charge in [-0.1, -0.05) is 12.1 Å². The lowest BCUT2D eigenvalue weighted by Gasteiger charge is -2.14. The minimum atomic E-state index is 0. The number of aliphatic imine (C=N–C) groups is 1. The van der Waals surface area contributed by atoms with Crippen molar-refractivity contribution in [1.29, 1.82) is 0 Å². The molecule has 4 rings (SSSR count). The first-order valence-corrected chi connectivity index (χ1v) is 9.86. The monoisotopic (exact) mass is 519 g/mol. The molecule has 1 aliphatic rings. The van der Waals surface area contributed by atoms with Crippen LogP contribution in [0.15, 0.2) is 65.9 Å². The van der Waals surface area contributed by atoms with Crippen LogP contribution in [-0.4, -0.2) is 35.5 Å². The molecule has 1 aliphatic heterocycles. The first-order chi connectivity index (χ1) is 14.3. The molecule has 30 heavy (non-hydrogen) atoms. The van der Waals surface area contributed by atoms with Crippen LogP contribution < -0.4 is 20.1 Å². The fraction of sp³-hybridized carbons (Fsp3) is 0.273. The zero-order valence-electron chi connectivity index (χ0n) is 16.9. The number of hydrogen-bond acceptors (Lipinski definition) is 4. The van der Waals surface area contributed by atoms with E-state index in [1.807, 2.05) is 54.2 Å². The lowest BCUT2D eigenvalue weighted by Crippen LogP contribution is -2.30. The Morgan fingerprint density at radius 3 is 2.77 bits per heavy atom. The molecule has 0 spiro atoms. The third-order valence-corrected chi connectivity index (χ3v) is 4.45. The number of nitrogens with one attached hydrogen (secondary N) is 2. The first-order valence-electron chi connectivity index (χ1n) is 9.86. The van der Waals surface area contributed by atoms with Crippen molar-refractivity contribution in [1.82, 2.24) is 15.1 Å². The van der Waals surface area contributed by atoms with E-state index in [-0.39, 0.29) is 24.0 Å². The van der Waals surface area contributed by atoms with Crippen molar-refractivity contribution in [2.24, 2.45) is 4.99 Å². The molecule has 2 heterocycles. The Hall–Kier alpha value is -2.75. The van der Waals surface area contributed by atoms with E-state index in [9.17, 15) is 0 Å². The van der Waals surface area contributed by atoms with E-state index in [0.717, 1.165) is 41.4 Å². The Kier molecular flexibility index (Phi) is 7.95. The molecule has 0 saturated heterocycles. The van der Waals surface area contributed by atoms with Crippen LogP contribution in [-0.2, 0) is 6.54 Å². The molecule has 2 N–H and O–H groups in total. The second-order valence-corrected chi connectivity index (χ2v) is 6.65. The maximum atomic E-state index is 5.77. The summed E-state index contributed by atoms with van der Waals surface area (Å²) in [5, 5.41) is 10.9. The summed E-state index contributed by atoms with van der Waals surface area (Å²) in [7, 11) is 0. The number of rotatable bonds is 5. The fourth-order valence-corrected chi connectivity index (χ4v) is 3.07. The number of ether oxygens (including phenoxy) is 2. The molecule has 8 heteroatoms. The number of aromatic nitrogens is 2. The van der Waals surface area contributed by atoms with Crippen molar-refractivity contribution >= 4 is 35.6 Å². The average molecular weight is 519 g/mol. The van der Waals surface area contributed by atoms with Gasteiger partial charge in [0.05, 0.1) is 25.4 Å². The van der Waals surface area contributed by atoms with Gasteiger partial charge in [-0.15, -0.1) is 24.0 Å². The number of hydrogen-bond donors (Lipinski definition) is 2. The molecule has 0 aliphatic carbocycles. The number of anilines is 1. The molecule has 0 amide bonds. The summed E-state index contributed by atoms with van der Waals surface area (Å²) in [6, 6.07) is 16.0. The Balaban J connectivity index is 0.00000256. The molecule has 2 aromatic carbocycles. The maximum Gasteiger partial charge on any atom is 0.196 e. The fourth-order valence-electron chi connectivity index (χ4n) is 3.07. The van der Waals surface area contributed by atoms with Gasteiger partial charge in [-0.2, -0.15) is 5.10 Å². The van der Waals surface area contributed by atoms with Gasteiger partial charge in [0, 0.05) is 37.1 Å². The molecule has 158 valence electrons. The second-order valence-electron chi connectivity index (χ2n) is 6.65. The van der Waals surface area contributed by atoms with Gasteiger partial charge in [-0.3, -0.25) is 0 Å². The number of halogens is 1. The summed E-state index contributed by atoms with van der Waals surface area (Å²) >= 11 is 0. The van der Waals surface area contributed by atoms with Crippen molar-refractivity contribution in [3.63, 3.8) is 0 Å². The minimum Gasteiger partial charge on any atom is -0.490 e. The highest BCUT2D eigenvalue weighted by Gasteiger charge is 2.11. The van der Waals surface area contributed by atoms with Crippen LogP contribution in [0.3, 0.4) is 0 Å². The van der Waals surface area contributed by atoms with E-state index in [2.05, 4.69) is 27.9 Å². The van der Waals surface area contributed by atoms with Crippen LogP contribution in [0.4, 0.5) is 5.69 Å². The lowest BCUT2D eigenvalue weighted by atomic mass is 10.2. The number of guanidine groups is 1. The van der Waals surface area contributed by atoms with Gasteiger partial charge in [0.1, 0.15) is 0 Å². The van der Waals surface area contributed by atoms with Gasteiger partial charge in [0.25, 0.3) is 0 Å². The molecule has 0 fully saturated rings. The van der Waals surface area contributed by atoms with Crippen LogP contribution in [0.25, 0.3) is 5.69 Å². The molecule has 7 nitrogen and oxygen atoms in total. The van der Waals surface area contributed by atoms with Crippen molar-refractivity contribution < 1.29 is 9.47 Å². The van der Waals surface area contributed by atoms with Crippen LogP contribution in [0.1, 0.15) is 18.9 Å². The number of nitrogens with zero attached hydrogens (tertiary/aromatic N) is 3. The van der Waals surface area contributed by atoms with Crippen LogP contribution in [0, 0.1) is 0 Å². The highest BCUT2D eigenvalue weighted by Crippen LogP contribution is 2.32. The van der Waals surface area contributed by atoms with Crippen molar-refractivity contribution in [2.75, 3.05) is 25.1 Å². The maximum absolute atomic E-state index is 5.77. The zero-order chi connectivity index (χ0) is 19.9.